The van der Waals surface area contributed by atoms with Gasteiger partial charge >= 0.3 is 0 Å². The van der Waals surface area contributed by atoms with Gasteiger partial charge in [0, 0.05) is 6.04 Å². The minimum absolute atomic E-state index is 0.00378. The van der Waals surface area contributed by atoms with E-state index in [0.29, 0.717) is 17.9 Å². The van der Waals surface area contributed by atoms with Crippen molar-refractivity contribution in [3.8, 4) is 0 Å². The van der Waals surface area contributed by atoms with Crippen LogP contribution in [0.1, 0.15) is 69.8 Å². The van der Waals surface area contributed by atoms with Crippen LogP contribution in [0.5, 0.6) is 0 Å². The Kier molecular flexibility index (Phi) is 4.24. The summed E-state index contributed by atoms with van der Waals surface area (Å²) in [5.41, 5.74) is 4.92. The maximum absolute atomic E-state index is 7.43. The van der Waals surface area contributed by atoms with Crippen LogP contribution in [0.25, 0.3) is 10.8 Å². The molecular weight excluding hydrogens is 402 g/mol. The molecule has 33 heavy (non-hydrogen) atoms. The second-order valence-electron chi connectivity index (χ2n) is 12.2. The van der Waals surface area contributed by atoms with Crippen molar-refractivity contribution < 1.29 is 4.74 Å². The van der Waals surface area contributed by atoms with E-state index in [1.807, 2.05) is 0 Å². The zero-order valence-electron chi connectivity index (χ0n) is 20.4. The fourth-order valence-electron chi connectivity index (χ4n) is 8.80. The van der Waals surface area contributed by atoms with Gasteiger partial charge in [0.15, 0.2) is 0 Å². The highest BCUT2D eigenvalue weighted by Crippen LogP contribution is 2.69. The summed E-state index contributed by atoms with van der Waals surface area (Å²) < 4.78 is 7.43. The SMILES string of the molecule is CN(C)[C@H]1CCC2=CC3=CC[C@]4(C)[C@@H](c5ccc6ccccc6c5)CC[C@H]4[C@@]34CCC2(C1)O4. The highest BCUT2D eigenvalue weighted by atomic mass is 16.5. The van der Waals surface area contributed by atoms with Crippen LogP contribution in [0.4, 0.5) is 0 Å². The molecule has 2 saturated carbocycles. The summed E-state index contributed by atoms with van der Waals surface area (Å²) in [4.78, 5) is 2.43. The molecule has 3 aliphatic carbocycles. The molecule has 1 saturated heterocycles. The van der Waals surface area contributed by atoms with Gasteiger partial charge in [-0.25, -0.2) is 0 Å². The van der Waals surface area contributed by atoms with Gasteiger partial charge in [0.2, 0.25) is 0 Å². The first-order valence-corrected chi connectivity index (χ1v) is 13.2. The number of benzene rings is 2. The van der Waals surface area contributed by atoms with Crippen LogP contribution < -0.4 is 0 Å². The third kappa shape index (κ3) is 2.68. The van der Waals surface area contributed by atoms with E-state index in [9.17, 15) is 0 Å². The van der Waals surface area contributed by atoms with Gasteiger partial charge < -0.3 is 9.64 Å². The van der Waals surface area contributed by atoms with E-state index in [-0.39, 0.29) is 16.6 Å². The standard InChI is InChI=1S/C31H37NO/c1-29-15-14-25-19-24-10-11-26(32(2)3)20-30(24)16-17-31(25,33-30)28(29)13-12-27(29)23-9-8-21-6-4-5-7-22(21)18-23/h4-9,14,18-19,26-28H,10-13,15-17,20H2,1-3H3/t26-,27+,28+,29+,30?,31+/m0/s1. The van der Waals surface area contributed by atoms with Crippen molar-refractivity contribution in [2.24, 2.45) is 11.3 Å². The third-order valence-electron chi connectivity index (χ3n) is 10.6. The lowest BCUT2D eigenvalue weighted by Gasteiger charge is -2.54. The molecule has 2 aromatic carbocycles. The molecule has 2 aromatic rings. The number of fused-ring (bicyclic) bond motifs is 2. The normalized spacial score (nSPS) is 41.4. The van der Waals surface area contributed by atoms with Crippen LogP contribution in [0.3, 0.4) is 0 Å². The quantitative estimate of drug-likeness (QED) is 0.499. The Balaban J connectivity index is 1.28. The molecule has 7 rings (SSSR count). The Hall–Kier alpha value is -1.90. The van der Waals surface area contributed by atoms with E-state index in [4.69, 9.17) is 4.74 Å². The molecule has 172 valence electrons. The molecule has 2 nitrogen and oxygen atoms in total. The van der Waals surface area contributed by atoms with Crippen LogP contribution in [0.2, 0.25) is 0 Å². The number of nitrogens with zero attached hydrogens (tertiary/aromatic N) is 1. The first-order valence-electron chi connectivity index (χ1n) is 13.2. The predicted octanol–water partition coefficient (Wildman–Crippen LogP) is 7.01. The van der Waals surface area contributed by atoms with Gasteiger partial charge in [0.1, 0.15) is 0 Å². The number of rotatable bonds is 2. The van der Waals surface area contributed by atoms with Crippen molar-refractivity contribution in [2.45, 2.75) is 81.5 Å². The van der Waals surface area contributed by atoms with Crippen molar-refractivity contribution in [1.82, 2.24) is 4.90 Å². The first kappa shape index (κ1) is 20.5. The molecule has 0 amide bonds. The molecule has 2 bridgehead atoms. The largest absolute Gasteiger partial charge is 0.359 e. The number of hydrogen-bond donors (Lipinski definition) is 0. The Labute approximate surface area is 198 Å². The van der Waals surface area contributed by atoms with Crippen LogP contribution >= 0.6 is 0 Å². The average Bonchev–Trinajstić information content (AvgIpc) is 3.33. The van der Waals surface area contributed by atoms with Crippen LogP contribution in [0.15, 0.2) is 65.8 Å². The summed E-state index contributed by atoms with van der Waals surface area (Å²) in [6.07, 6.45) is 15.1. The molecule has 2 heterocycles. The van der Waals surface area contributed by atoms with E-state index in [1.54, 1.807) is 5.57 Å². The van der Waals surface area contributed by atoms with Gasteiger partial charge in [-0.3, -0.25) is 0 Å². The number of allylic oxidation sites excluding steroid dienone is 1. The van der Waals surface area contributed by atoms with Crippen molar-refractivity contribution in [1.29, 1.82) is 0 Å². The maximum atomic E-state index is 7.43. The van der Waals surface area contributed by atoms with Crippen molar-refractivity contribution >= 4 is 10.8 Å². The Morgan fingerprint density at radius 3 is 2.67 bits per heavy atom. The van der Waals surface area contributed by atoms with Gasteiger partial charge in [0.25, 0.3) is 0 Å². The molecule has 0 N–H and O–H groups in total. The van der Waals surface area contributed by atoms with Gasteiger partial charge in [0.05, 0.1) is 11.2 Å². The molecule has 2 spiro atoms. The topological polar surface area (TPSA) is 12.5 Å². The molecule has 0 radical (unpaired) electrons. The van der Waals surface area contributed by atoms with Crippen molar-refractivity contribution in [3.05, 3.63) is 71.3 Å². The summed E-state index contributed by atoms with van der Waals surface area (Å²) >= 11 is 0. The lowest BCUT2D eigenvalue weighted by atomic mass is 9.58. The van der Waals surface area contributed by atoms with Crippen molar-refractivity contribution in [2.75, 3.05) is 14.1 Å². The Bertz CT molecular complexity index is 1190. The maximum Gasteiger partial charge on any atom is 0.0974 e. The van der Waals surface area contributed by atoms with E-state index < -0.39 is 0 Å². The van der Waals surface area contributed by atoms with Gasteiger partial charge in [-0.1, -0.05) is 61.5 Å². The summed E-state index contributed by atoms with van der Waals surface area (Å²) in [6, 6.07) is 16.7. The van der Waals surface area contributed by atoms with Crippen LogP contribution in [-0.4, -0.2) is 36.2 Å². The molecule has 5 aliphatic rings. The van der Waals surface area contributed by atoms with Gasteiger partial charge in [-0.05, 0) is 110 Å². The fraction of sp³-hybridized carbons (Fsp3) is 0.548. The molecule has 0 aromatic heterocycles. The molecule has 3 fully saturated rings. The molecule has 2 heteroatoms. The summed E-state index contributed by atoms with van der Waals surface area (Å²) in [7, 11) is 4.50. The van der Waals surface area contributed by atoms with E-state index in [0.717, 1.165) is 0 Å². The molecule has 2 aliphatic heterocycles. The molecule has 1 unspecified atom stereocenters. The zero-order chi connectivity index (χ0) is 22.4. The van der Waals surface area contributed by atoms with E-state index >= 15 is 0 Å². The highest BCUT2D eigenvalue weighted by Gasteiger charge is 2.66. The Morgan fingerprint density at radius 1 is 0.970 bits per heavy atom. The fourth-order valence-corrected chi connectivity index (χ4v) is 8.80. The summed E-state index contributed by atoms with van der Waals surface area (Å²) in [5.74, 6) is 1.24. The number of hydrogen-bond acceptors (Lipinski definition) is 2. The lowest BCUT2D eigenvalue weighted by molar-refractivity contribution is -0.139. The van der Waals surface area contributed by atoms with E-state index in [2.05, 4.69) is 80.5 Å². The average molecular weight is 440 g/mol. The van der Waals surface area contributed by atoms with E-state index in [1.165, 1.54) is 73.3 Å². The zero-order valence-corrected chi connectivity index (χ0v) is 20.4. The van der Waals surface area contributed by atoms with Crippen molar-refractivity contribution in [3.63, 3.8) is 0 Å². The number of ether oxygens (including phenoxy) is 1. The van der Waals surface area contributed by atoms with Gasteiger partial charge in [-0.2, -0.15) is 0 Å². The first-order chi connectivity index (χ1) is 15.9. The molecule has 6 atom stereocenters. The lowest BCUT2D eigenvalue weighted by Crippen LogP contribution is -2.55. The Morgan fingerprint density at radius 2 is 1.82 bits per heavy atom. The minimum Gasteiger partial charge on any atom is -0.359 e. The molecular formula is C31H37NO. The summed E-state index contributed by atoms with van der Waals surface area (Å²) in [5, 5.41) is 2.73. The highest BCUT2D eigenvalue weighted by molar-refractivity contribution is 5.83. The smallest absolute Gasteiger partial charge is 0.0974 e. The summed E-state index contributed by atoms with van der Waals surface area (Å²) in [6.45, 7) is 2.59. The second kappa shape index (κ2) is 6.83. The monoisotopic (exact) mass is 439 g/mol. The van der Waals surface area contributed by atoms with Crippen LogP contribution in [-0.2, 0) is 4.74 Å². The predicted molar refractivity (Wildman–Crippen MR) is 135 cm³/mol. The van der Waals surface area contributed by atoms with Crippen LogP contribution in [0, 0.1) is 11.3 Å². The third-order valence-corrected chi connectivity index (χ3v) is 10.6. The van der Waals surface area contributed by atoms with Gasteiger partial charge in [-0.15, -0.1) is 0 Å². The second-order valence-corrected chi connectivity index (χ2v) is 12.2. The minimum atomic E-state index is -0.0453.